The Morgan fingerprint density at radius 1 is 1.31 bits per heavy atom. The summed E-state index contributed by atoms with van der Waals surface area (Å²) in [7, 11) is 4.31. The van der Waals surface area contributed by atoms with E-state index in [0.717, 1.165) is 24.4 Å². The van der Waals surface area contributed by atoms with Crippen molar-refractivity contribution in [3.8, 4) is 0 Å². The molecule has 0 heterocycles. The zero-order chi connectivity index (χ0) is 10.2. The molecule has 0 radical (unpaired) electrons. The highest BCUT2D eigenvalue weighted by molar-refractivity contribution is 4.63. The first kappa shape index (κ1) is 12.7. The van der Waals surface area contributed by atoms with Gasteiger partial charge in [0.15, 0.2) is 6.73 Å². The molecule has 0 bridgehead atoms. The van der Waals surface area contributed by atoms with E-state index in [1.54, 1.807) is 0 Å². The van der Waals surface area contributed by atoms with E-state index in [1.165, 1.54) is 19.3 Å². The molecule has 0 fully saturated rings. The normalized spacial score (nSPS) is 11.6. The predicted molar refractivity (Wildman–Crippen MR) is 57.5 cm³/mol. The molecule has 0 aromatic rings. The average Bonchev–Trinajstić information content (AvgIpc) is 2.04. The second kappa shape index (κ2) is 7.10. The third-order valence-electron chi connectivity index (χ3n) is 1.96. The molecule has 0 aliphatic heterocycles. The third kappa shape index (κ3) is 8.00. The number of hydrogen-bond donors (Lipinski definition) is 0. The summed E-state index contributed by atoms with van der Waals surface area (Å²) in [6, 6.07) is 0. The van der Waals surface area contributed by atoms with Crippen molar-refractivity contribution in [2.45, 2.75) is 26.2 Å². The van der Waals surface area contributed by atoms with Crippen LogP contribution >= 0.6 is 0 Å². The Morgan fingerprint density at radius 2 is 2.00 bits per heavy atom. The maximum absolute atomic E-state index is 5.58. The van der Waals surface area contributed by atoms with Gasteiger partial charge >= 0.3 is 0 Å². The lowest BCUT2D eigenvalue weighted by Crippen LogP contribution is -2.41. The number of quaternary nitrogens is 1. The van der Waals surface area contributed by atoms with Crippen molar-refractivity contribution in [2.24, 2.45) is 0 Å². The quantitative estimate of drug-likeness (QED) is 0.245. The van der Waals surface area contributed by atoms with Gasteiger partial charge in [0.1, 0.15) is 0 Å². The minimum absolute atomic E-state index is 0.787. The summed E-state index contributed by atoms with van der Waals surface area (Å²) in [5, 5.41) is 0. The first-order valence-electron chi connectivity index (χ1n) is 5.13. The van der Waals surface area contributed by atoms with Crippen molar-refractivity contribution >= 4 is 0 Å². The highest BCUT2D eigenvalue weighted by Crippen LogP contribution is 1.99. The fourth-order valence-corrected chi connectivity index (χ4v) is 1.17. The number of hydrogen-bond acceptors (Lipinski definition) is 1. The highest BCUT2D eigenvalue weighted by atomic mass is 16.5. The van der Waals surface area contributed by atoms with Crippen LogP contribution < -0.4 is 0 Å². The van der Waals surface area contributed by atoms with Gasteiger partial charge in [-0.2, -0.15) is 0 Å². The second-order valence-corrected chi connectivity index (χ2v) is 4.15. The minimum atomic E-state index is 0.787. The molecular formula is C11H24NO+. The van der Waals surface area contributed by atoms with Crippen LogP contribution in [0.25, 0.3) is 0 Å². The summed E-state index contributed by atoms with van der Waals surface area (Å²) < 4.78 is 6.45. The van der Waals surface area contributed by atoms with Gasteiger partial charge in [0.05, 0.1) is 27.2 Å². The van der Waals surface area contributed by atoms with Gasteiger partial charge in [-0.25, -0.2) is 0 Å². The van der Waals surface area contributed by atoms with Gasteiger partial charge in [0, 0.05) is 0 Å². The molecule has 0 amide bonds. The Balaban J connectivity index is 3.34. The molecule has 78 valence electrons. The topological polar surface area (TPSA) is 9.23 Å². The lowest BCUT2D eigenvalue weighted by atomic mass is 10.3. The molecule has 0 aliphatic carbocycles. The number of likely N-dealkylation sites (N-methyl/N-ethyl adjacent to an activating group) is 1. The summed E-state index contributed by atoms with van der Waals surface area (Å²) in [6.45, 7) is 8.59. The molecule has 0 aliphatic rings. The lowest BCUT2D eigenvalue weighted by molar-refractivity contribution is -0.904. The van der Waals surface area contributed by atoms with E-state index in [-0.39, 0.29) is 0 Å². The van der Waals surface area contributed by atoms with Crippen LogP contribution in [0.2, 0.25) is 0 Å². The van der Waals surface area contributed by atoms with Crippen molar-refractivity contribution in [3.63, 3.8) is 0 Å². The molecule has 13 heavy (non-hydrogen) atoms. The van der Waals surface area contributed by atoms with E-state index >= 15 is 0 Å². The first-order chi connectivity index (χ1) is 6.12. The predicted octanol–water partition coefficient (Wildman–Crippen LogP) is 2.41. The van der Waals surface area contributed by atoms with Gasteiger partial charge in [0.2, 0.25) is 0 Å². The average molecular weight is 186 g/mol. The van der Waals surface area contributed by atoms with Gasteiger partial charge in [-0.1, -0.05) is 26.3 Å². The molecule has 2 nitrogen and oxygen atoms in total. The number of nitrogens with zero attached hydrogens (tertiary/aromatic N) is 1. The van der Waals surface area contributed by atoms with E-state index in [0.29, 0.717) is 0 Å². The number of rotatable bonds is 8. The smallest absolute Gasteiger partial charge is 0.182 e. The number of ether oxygens (including phenoxy) is 1. The second-order valence-electron chi connectivity index (χ2n) is 4.15. The minimum Gasteiger partial charge on any atom is -0.332 e. The van der Waals surface area contributed by atoms with Crippen LogP contribution in [0.1, 0.15) is 26.2 Å². The maximum Gasteiger partial charge on any atom is 0.182 e. The monoisotopic (exact) mass is 186 g/mol. The lowest BCUT2D eigenvalue weighted by Gasteiger charge is -2.27. The molecule has 0 atom stereocenters. The Morgan fingerprint density at radius 3 is 2.54 bits per heavy atom. The van der Waals surface area contributed by atoms with Crippen LogP contribution in [0.3, 0.4) is 0 Å². The molecule has 0 aromatic carbocycles. The molecule has 0 spiro atoms. The standard InChI is InChI=1S/C11H24NO/c1-5-7-8-10-13-11-12(3,4)9-6-2/h6H,2,5,7-11H2,1,3-4H3/q+1. The Labute approximate surface area is 82.8 Å². The first-order valence-corrected chi connectivity index (χ1v) is 5.13. The molecule has 0 saturated heterocycles. The van der Waals surface area contributed by atoms with Crippen LogP contribution in [-0.4, -0.2) is 38.5 Å². The summed E-state index contributed by atoms with van der Waals surface area (Å²) in [6.07, 6.45) is 5.66. The van der Waals surface area contributed by atoms with Crippen molar-refractivity contribution in [1.29, 1.82) is 0 Å². The largest absolute Gasteiger partial charge is 0.332 e. The Kier molecular flexibility index (Phi) is 6.92. The fourth-order valence-electron chi connectivity index (χ4n) is 1.17. The number of unbranched alkanes of at least 4 members (excludes halogenated alkanes) is 2. The molecular weight excluding hydrogens is 162 g/mol. The Hall–Kier alpha value is -0.340. The fraction of sp³-hybridized carbons (Fsp3) is 0.818. The van der Waals surface area contributed by atoms with Crippen molar-refractivity contribution < 1.29 is 9.22 Å². The van der Waals surface area contributed by atoms with Crippen LogP contribution in [0.15, 0.2) is 12.7 Å². The summed E-state index contributed by atoms with van der Waals surface area (Å²) in [5.41, 5.74) is 0. The van der Waals surface area contributed by atoms with Gasteiger partial charge in [-0.05, 0) is 12.5 Å². The molecule has 0 unspecified atom stereocenters. The molecule has 0 saturated carbocycles. The van der Waals surface area contributed by atoms with Crippen LogP contribution in [0.5, 0.6) is 0 Å². The summed E-state index contributed by atoms with van der Waals surface area (Å²) >= 11 is 0. The zero-order valence-electron chi connectivity index (χ0n) is 9.38. The van der Waals surface area contributed by atoms with E-state index in [1.807, 2.05) is 6.08 Å². The van der Waals surface area contributed by atoms with Crippen molar-refractivity contribution in [1.82, 2.24) is 0 Å². The SMILES string of the molecule is C=CC[N+](C)(C)COCCCCC. The third-order valence-corrected chi connectivity index (χ3v) is 1.96. The Bertz CT molecular complexity index is 132. The van der Waals surface area contributed by atoms with Gasteiger partial charge in [0.25, 0.3) is 0 Å². The summed E-state index contributed by atoms with van der Waals surface area (Å²) in [4.78, 5) is 0. The van der Waals surface area contributed by atoms with E-state index in [2.05, 4.69) is 27.6 Å². The molecule has 2 heteroatoms. The van der Waals surface area contributed by atoms with Gasteiger partial charge in [-0.15, -0.1) is 0 Å². The van der Waals surface area contributed by atoms with Gasteiger partial charge in [-0.3, -0.25) is 0 Å². The van der Waals surface area contributed by atoms with Crippen molar-refractivity contribution in [2.75, 3.05) is 34.0 Å². The molecule has 0 rings (SSSR count). The van der Waals surface area contributed by atoms with Gasteiger partial charge < -0.3 is 9.22 Å². The van der Waals surface area contributed by atoms with Crippen molar-refractivity contribution in [3.05, 3.63) is 12.7 Å². The maximum atomic E-state index is 5.58. The van der Waals surface area contributed by atoms with E-state index in [4.69, 9.17) is 4.74 Å². The van der Waals surface area contributed by atoms with Crippen LogP contribution in [0, 0.1) is 0 Å². The van der Waals surface area contributed by atoms with Crippen LogP contribution in [0.4, 0.5) is 0 Å². The molecule has 0 N–H and O–H groups in total. The van der Waals surface area contributed by atoms with E-state index in [9.17, 15) is 0 Å². The molecule has 0 aromatic heterocycles. The zero-order valence-corrected chi connectivity index (χ0v) is 9.38. The highest BCUT2D eigenvalue weighted by Gasteiger charge is 2.11. The van der Waals surface area contributed by atoms with Crippen LogP contribution in [-0.2, 0) is 4.74 Å². The van der Waals surface area contributed by atoms with E-state index < -0.39 is 0 Å². The summed E-state index contributed by atoms with van der Waals surface area (Å²) in [5.74, 6) is 0.